The molecule has 0 saturated carbocycles. The van der Waals surface area contributed by atoms with Crippen LogP contribution in [0.15, 0.2) is 142 Å². The van der Waals surface area contributed by atoms with Crippen LogP contribution >= 0.6 is 0 Å². The van der Waals surface area contributed by atoms with Gasteiger partial charge in [-0.2, -0.15) is 0 Å². The van der Waals surface area contributed by atoms with Crippen LogP contribution in [0.2, 0.25) is 0 Å². The van der Waals surface area contributed by atoms with Crippen LogP contribution < -0.4 is 21.7 Å². The number of hydrogen-bond acceptors (Lipinski definition) is 17. The predicted molar refractivity (Wildman–Crippen MR) is 350 cm³/mol. The van der Waals surface area contributed by atoms with Crippen molar-refractivity contribution in [3.05, 3.63) is 187 Å². The van der Waals surface area contributed by atoms with E-state index in [1.807, 2.05) is 20.8 Å². The fourth-order valence-corrected chi connectivity index (χ4v) is 9.62. The summed E-state index contributed by atoms with van der Waals surface area (Å²) in [6.45, 7) is 25.1. The van der Waals surface area contributed by atoms with Gasteiger partial charge in [-0.15, -0.1) is 0 Å². The fraction of sp³-hybridized carbons (Fsp3) is 0.403. The van der Waals surface area contributed by atoms with Crippen molar-refractivity contribution in [1.82, 2.24) is 16.0 Å². The number of ether oxygens (including phenoxy) is 3. The van der Waals surface area contributed by atoms with Gasteiger partial charge in [0.05, 0.1) is 6.61 Å². The van der Waals surface area contributed by atoms with Gasteiger partial charge in [0.1, 0.15) is 16.8 Å². The lowest BCUT2D eigenvalue weighted by Gasteiger charge is -2.20. The molecular formula is C72H88N4O16. The van der Waals surface area contributed by atoms with Crippen LogP contribution in [0.3, 0.4) is 0 Å². The molecule has 0 bridgehead atoms. The molecular weight excluding hydrogens is 1180 g/mol. The lowest BCUT2D eigenvalue weighted by Crippen LogP contribution is -2.33. The van der Waals surface area contributed by atoms with Crippen LogP contribution in [0, 0.1) is 0 Å². The van der Waals surface area contributed by atoms with Crippen molar-refractivity contribution in [2.75, 3.05) is 32.8 Å². The van der Waals surface area contributed by atoms with E-state index in [2.05, 4.69) is 20.8 Å². The minimum atomic E-state index is -0.543. The number of unbranched alkanes of at least 4 members (excludes halogenated alkanes) is 1. The number of fused-ring (bicyclic) bond motifs is 4. The van der Waals surface area contributed by atoms with Gasteiger partial charge >= 0.3 is 18.3 Å². The molecule has 4 aromatic carbocycles. The van der Waals surface area contributed by atoms with Crippen LogP contribution in [0.4, 0.5) is 14.4 Å². The Labute approximate surface area is 538 Å². The maximum absolute atomic E-state index is 12.6. The Bertz CT molecular complexity index is 3440. The average molecular weight is 1270 g/mol. The van der Waals surface area contributed by atoms with E-state index in [4.69, 9.17) is 25.2 Å². The lowest BCUT2D eigenvalue weighted by atomic mass is 9.83. The molecule has 20 nitrogen and oxygen atoms in total. The summed E-state index contributed by atoms with van der Waals surface area (Å²) in [5.41, 5.74) is 11.6. The van der Waals surface area contributed by atoms with E-state index in [-0.39, 0.29) is 52.9 Å². The number of nitrogens with two attached hydrogens (primary N) is 1. The highest BCUT2D eigenvalue weighted by Crippen LogP contribution is 2.31. The third-order valence-electron chi connectivity index (χ3n) is 14.1. The number of hydrogen-bond donors (Lipinski definition) is 5. The van der Waals surface area contributed by atoms with Gasteiger partial charge in [0.2, 0.25) is 0 Å². The maximum atomic E-state index is 12.6. The van der Waals surface area contributed by atoms with Crippen molar-refractivity contribution in [2.24, 2.45) is 5.73 Å². The van der Waals surface area contributed by atoms with Crippen molar-refractivity contribution in [2.45, 2.75) is 158 Å². The Morgan fingerprint density at radius 1 is 0.391 bits per heavy atom. The molecule has 6 N–H and O–H groups in total. The molecule has 0 heterocycles. The van der Waals surface area contributed by atoms with Crippen LogP contribution in [-0.4, -0.2) is 119 Å². The number of allylic oxidation sites excluding steroid dienone is 8. The molecule has 0 fully saturated rings. The third-order valence-corrected chi connectivity index (χ3v) is 14.1. The maximum Gasteiger partial charge on any atom is 0.407 e. The fourth-order valence-electron chi connectivity index (χ4n) is 9.62. The number of benzene rings is 4. The number of rotatable bonds is 16. The Kier molecular flexibility index (Phi) is 28.6. The Morgan fingerprint density at radius 3 is 0.957 bits per heavy atom. The summed E-state index contributed by atoms with van der Waals surface area (Å²) in [5.74, 6) is -0.568. The van der Waals surface area contributed by atoms with Crippen molar-refractivity contribution in [3.63, 3.8) is 0 Å². The molecule has 8 rings (SSSR count). The number of carbonyl (C=O) groups is 11. The van der Waals surface area contributed by atoms with Gasteiger partial charge in [0, 0.05) is 103 Å². The molecule has 492 valence electrons. The summed E-state index contributed by atoms with van der Waals surface area (Å²) in [4.78, 5) is 135. The molecule has 4 aliphatic carbocycles. The molecule has 0 saturated heterocycles. The quantitative estimate of drug-likeness (QED) is 0.0301. The first kappa shape index (κ1) is 75.3. The Morgan fingerprint density at radius 2 is 0.663 bits per heavy atom. The molecule has 0 aliphatic heterocycles. The van der Waals surface area contributed by atoms with E-state index in [9.17, 15) is 52.7 Å². The molecule has 20 heteroatoms. The zero-order valence-electron chi connectivity index (χ0n) is 55.2. The molecule has 92 heavy (non-hydrogen) atoms. The summed E-state index contributed by atoms with van der Waals surface area (Å²) in [5, 5.41) is 15.9. The first-order chi connectivity index (χ1) is 43.2. The van der Waals surface area contributed by atoms with E-state index in [0.717, 1.165) is 12.8 Å². The SMILES string of the molecule is CC(C)(C)OC(=O)NCCCCOO.CC1=C(CCCN)C(=O)c2ccccc2C1=O.CC1=C(CCCNC(=O)OC(C)(C)C)C(=O)c2ccccc2C1=O.CC1=C(CCCNC(=O)OC(C)(C)C)C(=O)c2ccccc2C1=O.CC1=CC(=O)c2ccccc2C1=O. The standard InChI is InChI=1S/2C19H23NO4.C14H15NO2.C11H8O2.C9H19NO4/c2*1-12-13(10-7-11-20-18(23)24-19(2,3)4)17(22)15-9-6-5-8-14(15)16(12)21;1-9-10(7-4-8-15)14(17)12-6-3-2-5-11(12)13(9)16;1-7-6-10(12)8-4-2-3-5-9(8)11(7)13;1-9(2,3)14-8(11)10-6-4-5-7-13-12/h2*5-6,8-9H,7,10-11H2,1-4H3,(H,20,23);2-3,5-6H,4,7-8,15H2,1H3;2-6H,1H3;12H,4-7H2,1-3H3,(H,10,11). The molecule has 4 aliphatic rings. The monoisotopic (exact) mass is 1260 g/mol. The predicted octanol–water partition coefficient (Wildman–Crippen LogP) is 13.3. The van der Waals surface area contributed by atoms with Gasteiger partial charge in [0.15, 0.2) is 46.3 Å². The normalized spacial score (nSPS) is 14.2. The second-order valence-electron chi connectivity index (χ2n) is 24.9. The molecule has 0 spiro atoms. The highest BCUT2D eigenvalue weighted by molar-refractivity contribution is 6.28. The van der Waals surface area contributed by atoms with Gasteiger partial charge in [-0.3, -0.25) is 43.6 Å². The van der Waals surface area contributed by atoms with E-state index in [1.165, 1.54) is 6.08 Å². The van der Waals surface area contributed by atoms with Crippen molar-refractivity contribution >= 4 is 64.5 Å². The molecule has 0 atom stereocenters. The number of nitrogens with one attached hydrogen (secondary N) is 3. The number of Topliss-reactive ketones (excluding diaryl/α,β-unsaturated/α-hetero) is 7. The van der Waals surface area contributed by atoms with Crippen molar-refractivity contribution < 1.29 is 77.1 Å². The van der Waals surface area contributed by atoms with Crippen LogP contribution in [-0.2, 0) is 19.1 Å². The largest absolute Gasteiger partial charge is 0.444 e. The minimum absolute atomic E-state index is 0.0221. The van der Waals surface area contributed by atoms with Crippen LogP contribution in [0.25, 0.3) is 0 Å². The molecule has 0 aromatic heterocycles. The first-order valence-corrected chi connectivity index (χ1v) is 30.6. The van der Waals surface area contributed by atoms with E-state index in [0.29, 0.717) is 148 Å². The molecule has 0 unspecified atom stereocenters. The van der Waals surface area contributed by atoms with E-state index >= 15 is 0 Å². The van der Waals surface area contributed by atoms with Gasteiger partial charge in [-0.05, 0) is 154 Å². The van der Waals surface area contributed by atoms with Gasteiger partial charge in [-0.1, -0.05) is 97.1 Å². The number of alkyl carbamates (subject to hydrolysis) is 3. The number of ketones is 8. The number of carbonyl (C=O) groups excluding carboxylic acids is 11. The zero-order valence-corrected chi connectivity index (χ0v) is 55.2. The van der Waals surface area contributed by atoms with E-state index < -0.39 is 35.1 Å². The zero-order chi connectivity index (χ0) is 68.7. The van der Waals surface area contributed by atoms with Crippen molar-refractivity contribution in [3.8, 4) is 0 Å². The summed E-state index contributed by atoms with van der Waals surface area (Å²) in [6.07, 6.45) is 4.80. The lowest BCUT2D eigenvalue weighted by molar-refractivity contribution is -0.242. The second kappa shape index (κ2) is 34.9. The average Bonchev–Trinajstić information content (AvgIpc) is 0.817. The highest BCUT2D eigenvalue weighted by Gasteiger charge is 2.32. The third kappa shape index (κ3) is 22.7. The van der Waals surface area contributed by atoms with E-state index in [1.54, 1.807) is 166 Å². The summed E-state index contributed by atoms with van der Waals surface area (Å²) in [7, 11) is 0. The summed E-state index contributed by atoms with van der Waals surface area (Å²) >= 11 is 0. The van der Waals surface area contributed by atoms with Crippen LogP contribution in [0.5, 0.6) is 0 Å². The number of amides is 3. The molecule has 3 amide bonds. The molecule has 4 aromatic rings. The topological polar surface area (TPSA) is 307 Å². The minimum Gasteiger partial charge on any atom is -0.444 e. The highest BCUT2D eigenvalue weighted by atomic mass is 17.1. The Hall–Kier alpha value is -9.11. The summed E-state index contributed by atoms with van der Waals surface area (Å²) in [6, 6.07) is 27.6. The van der Waals surface area contributed by atoms with Gasteiger partial charge in [-0.25, -0.2) is 19.3 Å². The second-order valence-corrected chi connectivity index (χ2v) is 24.9. The first-order valence-electron chi connectivity index (χ1n) is 30.6. The van der Waals surface area contributed by atoms with Crippen LogP contribution in [0.1, 0.15) is 224 Å². The van der Waals surface area contributed by atoms with Gasteiger partial charge in [0.25, 0.3) is 0 Å². The smallest absolute Gasteiger partial charge is 0.407 e. The molecule has 0 radical (unpaired) electrons. The Balaban J connectivity index is 0.000000251. The summed E-state index contributed by atoms with van der Waals surface area (Å²) < 4.78 is 15.3. The van der Waals surface area contributed by atoms with Crippen molar-refractivity contribution in [1.29, 1.82) is 0 Å². The van der Waals surface area contributed by atoms with Gasteiger partial charge < -0.3 is 35.9 Å².